The zero-order chi connectivity index (χ0) is 13.7. The van der Waals surface area contributed by atoms with E-state index in [4.69, 9.17) is 0 Å². The van der Waals surface area contributed by atoms with Crippen LogP contribution >= 0.6 is 0 Å². The summed E-state index contributed by atoms with van der Waals surface area (Å²) in [7, 11) is 0. The molecule has 19 heavy (non-hydrogen) atoms. The van der Waals surface area contributed by atoms with Gasteiger partial charge < -0.3 is 15.1 Å². The average Bonchev–Trinajstić information content (AvgIpc) is 2.98. The lowest BCUT2D eigenvalue weighted by atomic mass is 10.1. The van der Waals surface area contributed by atoms with E-state index in [-0.39, 0.29) is 6.61 Å². The highest BCUT2D eigenvalue weighted by atomic mass is 16.3. The Kier molecular flexibility index (Phi) is 5.16. The molecule has 1 fully saturated rings. The van der Waals surface area contributed by atoms with Crippen molar-refractivity contribution in [3.63, 3.8) is 0 Å². The van der Waals surface area contributed by atoms with E-state index < -0.39 is 6.10 Å². The minimum atomic E-state index is -0.480. The Hall–Kier alpha value is -1.13. The van der Waals surface area contributed by atoms with Gasteiger partial charge in [0.1, 0.15) is 0 Å². The summed E-state index contributed by atoms with van der Waals surface area (Å²) in [6.45, 7) is 2.76. The third-order valence-electron chi connectivity index (χ3n) is 3.94. The van der Waals surface area contributed by atoms with Gasteiger partial charge in [-0.25, -0.2) is 0 Å². The molecule has 1 aromatic heterocycles. The number of anilines is 1. The Balaban J connectivity index is 2.12. The van der Waals surface area contributed by atoms with Gasteiger partial charge in [-0.05, 0) is 31.4 Å². The fourth-order valence-corrected chi connectivity index (χ4v) is 2.82. The van der Waals surface area contributed by atoms with Crippen molar-refractivity contribution in [2.45, 2.75) is 51.2 Å². The number of aromatic nitrogens is 1. The first-order chi connectivity index (χ1) is 9.26. The Morgan fingerprint density at radius 3 is 2.63 bits per heavy atom. The summed E-state index contributed by atoms with van der Waals surface area (Å²) in [6.07, 6.45) is 6.95. The van der Waals surface area contributed by atoms with Gasteiger partial charge in [-0.15, -0.1) is 0 Å². The lowest BCUT2D eigenvalue weighted by Gasteiger charge is -2.30. The highest BCUT2D eigenvalue weighted by Crippen LogP contribution is 2.28. The van der Waals surface area contributed by atoms with Crippen LogP contribution in [-0.4, -0.2) is 34.4 Å². The summed E-state index contributed by atoms with van der Waals surface area (Å²) in [6, 6.07) is 4.42. The minimum absolute atomic E-state index is 0.163. The summed E-state index contributed by atoms with van der Waals surface area (Å²) in [5.74, 6) is 0. The van der Waals surface area contributed by atoms with Crippen molar-refractivity contribution < 1.29 is 10.2 Å². The van der Waals surface area contributed by atoms with E-state index in [0.29, 0.717) is 19.0 Å². The molecule has 0 spiro atoms. The average molecular weight is 264 g/mol. The summed E-state index contributed by atoms with van der Waals surface area (Å²) in [5, 5.41) is 19.0. The third-order valence-corrected chi connectivity index (χ3v) is 3.94. The normalized spacial score (nSPS) is 17.6. The number of aliphatic hydroxyl groups is 2. The second-order valence-corrected chi connectivity index (χ2v) is 5.22. The fraction of sp³-hybridized carbons (Fsp3) is 0.667. The van der Waals surface area contributed by atoms with Gasteiger partial charge in [-0.2, -0.15) is 0 Å². The summed E-state index contributed by atoms with van der Waals surface area (Å²) < 4.78 is 0. The number of rotatable bonds is 6. The van der Waals surface area contributed by atoms with Gasteiger partial charge in [-0.1, -0.05) is 19.8 Å². The van der Waals surface area contributed by atoms with Gasteiger partial charge in [0.25, 0.3) is 0 Å². The van der Waals surface area contributed by atoms with Crippen LogP contribution in [0.1, 0.15) is 50.8 Å². The number of hydrogen-bond acceptors (Lipinski definition) is 4. The van der Waals surface area contributed by atoms with Crippen molar-refractivity contribution in [1.29, 1.82) is 0 Å². The molecule has 1 aromatic rings. The van der Waals surface area contributed by atoms with E-state index in [0.717, 1.165) is 11.4 Å². The minimum Gasteiger partial charge on any atom is -0.395 e. The zero-order valence-corrected chi connectivity index (χ0v) is 11.6. The first kappa shape index (κ1) is 14.3. The topological polar surface area (TPSA) is 56.6 Å². The second kappa shape index (κ2) is 6.87. The highest BCUT2D eigenvalue weighted by Gasteiger charge is 2.22. The molecule has 1 saturated carbocycles. The molecule has 106 valence electrons. The first-order valence-electron chi connectivity index (χ1n) is 7.27. The SMILES string of the molecule is CC[C@@H](O)c1ccc(N(CCO)C2CCCC2)cn1. The van der Waals surface area contributed by atoms with Crippen LogP contribution in [0.2, 0.25) is 0 Å². The largest absolute Gasteiger partial charge is 0.395 e. The van der Waals surface area contributed by atoms with Crippen molar-refractivity contribution >= 4 is 5.69 Å². The van der Waals surface area contributed by atoms with E-state index >= 15 is 0 Å². The van der Waals surface area contributed by atoms with Crippen LogP contribution < -0.4 is 4.90 Å². The highest BCUT2D eigenvalue weighted by molar-refractivity contribution is 5.46. The molecule has 0 amide bonds. The number of aliphatic hydroxyl groups excluding tert-OH is 2. The van der Waals surface area contributed by atoms with Crippen LogP contribution in [0.25, 0.3) is 0 Å². The second-order valence-electron chi connectivity index (χ2n) is 5.22. The lowest BCUT2D eigenvalue weighted by Crippen LogP contribution is -2.35. The fourth-order valence-electron chi connectivity index (χ4n) is 2.82. The Morgan fingerprint density at radius 2 is 2.11 bits per heavy atom. The molecule has 0 unspecified atom stereocenters. The Bertz CT molecular complexity index is 374. The molecule has 1 aliphatic carbocycles. The standard InChI is InChI=1S/C15H24N2O2/c1-2-15(19)14-8-7-13(11-16-14)17(9-10-18)12-5-3-4-6-12/h7-8,11-12,15,18-19H,2-6,9-10H2,1H3/t15-/m1/s1. The van der Waals surface area contributed by atoms with Crippen molar-refractivity contribution in [2.24, 2.45) is 0 Å². The molecule has 4 heteroatoms. The van der Waals surface area contributed by atoms with Crippen LogP contribution in [-0.2, 0) is 0 Å². The van der Waals surface area contributed by atoms with Gasteiger partial charge in [0.05, 0.1) is 30.3 Å². The van der Waals surface area contributed by atoms with Crippen LogP contribution in [0, 0.1) is 0 Å². The van der Waals surface area contributed by atoms with Crippen LogP contribution in [0.4, 0.5) is 5.69 Å². The number of nitrogens with zero attached hydrogens (tertiary/aromatic N) is 2. The maximum Gasteiger partial charge on any atom is 0.0957 e. The molecule has 0 bridgehead atoms. The summed E-state index contributed by atoms with van der Waals surface area (Å²) in [4.78, 5) is 6.60. The van der Waals surface area contributed by atoms with Gasteiger partial charge in [0.2, 0.25) is 0 Å². The molecule has 0 aromatic carbocycles. The molecular weight excluding hydrogens is 240 g/mol. The Morgan fingerprint density at radius 1 is 1.37 bits per heavy atom. The predicted octanol–water partition coefficient (Wildman–Crippen LogP) is 2.27. The number of pyridine rings is 1. The van der Waals surface area contributed by atoms with Crippen molar-refractivity contribution in [3.8, 4) is 0 Å². The van der Waals surface area contributed by atoms with E-state index in [1.54, 1.807) is 0 Å². The number of hydrogen-bond donors (Lipinski definition) is 2. The van der Waals surface area contributed by atoms with Gasteiger partial charge >= 0.3 is 0 Å². The van der Waals surface area contributed by atoms with Gasteiger partial charge in [0.15, 0.2) is 0 Å². The lowest BCUT2D eigenvalue weighted by molar-refractivity contribution is 0.169. The van der Waals surface area contributed by atoms with Crippen molar-refractivity contribution in [3.05, 3.63) is 24.0 Å². The monoisotopic (exact) mass is 264 g/mol. The van der Waals surface area contributed by atoms with Crippen LogP contribution in [0.3, 0.4) is 0 Å². The van der Waals surface area contributed by atoms with Gasteiger partial charge in [-0.3, -0.25) is 4.98 Å². The molecule has 2 N–H and O–H groups in total. The maximum atomic E-state index is 9.76. The molecule has 0 radical (unpaired) electrons. The third kappa shape index (κ3) is 3.45. The molecule has 1 heterocycles. The van der Waals surface area contributed by atoms with E-state index in [1.165, 1.54) is 25.7 Å². The Labute approximate surface area is 115 Å². The van der Waals surface area contributed by atoms with E-state index in [2.05, 4.69) is 9.88 Å². The van der Waals surface area contributed by atoms with E-state index in [1.807, 2.05) is 25.3 Å². The smallest absolute Gasteiger partial charge is 0.0957 e. The maximum absolute atomic E-state index is 9.76. The predicted molar refractivity (Wildman–Crippen MR) is 76.2 cm³/mol. The molecule has 0 saturated heterocycles. The quantitative estimate of drug-likeness (QED) is 0.827. The van der Waals surface area contributed by atoms with E-state index in [9.17, 15) is 10.2 Å². The summed E-state index contributed by atoms with van der Waals surface area (Å²) in [5.41, 5.74) is 1.77. The van der Waals surface area contributed by atoms with Gasteiger partial charge in [0, 0.05) is 12.6 Å². The van der Waals surface area contributed by atoms with Crippen molar-refractivity contribution in [1.82, 2.24) is 4.98 Å². The summed E-state index contributed by atoms with van der Waals surface area (Å²) >= 11 is 0. The molecule has 1 atom stereocenters. The first-order valence-corrected chi connectivity index (χ1v) is 7.27. The molecule has 4 nitrogen and oxygen atoms in total. The van der Waals surface area contributed by atoms with Crippen LogP contribution in [0.15, 0.2) is 18.3 Å². The molecular formula is C15H24N2O2. The zero-order valence-electron chi connectivity index (χ0n) is 11.6. The van der Waals surface area contributed by atoms with Crippen molar-refractivity contribution in [2.75, 3.05) is 18.1 Å². The molecule has 0 aliphatic heterocycles. The molecule has 1 aliphatic rings. The van der Waals surface area contributed by atoms with Crippen LogP contribution in [0.5, 0.6) is 0 Å². The molecule has 2 rings (SSSR count).